The zero-order valence-corrected chi connectivity index (χ0v) is 12.6. The standard InChI is InChI=1S/C10H20.2ClH.O.V/c1-6-7(2)9(4)10(5)8(6)3;;;;/h6-10H,1-5H3;2*1H;;. The molecule has 1 saturated carbocycles. The van der Waals surface area contributed by atoms with Crippen LogP contribution in [0.1, 0.15) is 34.6 Å². The second-order valence-corrected chi connectivity index (χ2v) is 4.30. The third-order valence-corrected chi connectivity index (χ3v) is 4.15. The summed E-state index contributed by atoms with van der Waals surface area (Å²) < 4.78 is 8.19. The zero-order valence-electron chi connectivity index (χ0n) is 9.56. The van der Waals surface area contributed by atoms with Crippen LogP contribution in [0.3, 0.4) is 0 Å². The van der Waals surface area contributed by atoms with Crippen LogP contribution in [-0.2, 0) is 21.0 Å². The van der Waals surface area contributed by atoms with E-state index in [9.17, 15) is 0 Å². The molecule has 1 aliphatic carbocycles. The molecule has 0 bridgehead atoms. The Hall–Kier alpha value is 0.964. The van der Waals surface area contributed by atoms with Gasteiger partial charge in [0.1, 0.15) is 0 Å². The van der Waals surface area contributed by atoms with Crippen LogP contribution in [0.5, 0.6) is 0 Å². The van der Waals surface area contributed by atoms with Gasteiger partial charge in [-0.05, 0) is 29.6 Å². The second kappa shape index (κ2) is 9.21. The van der Waals surface area contributed by atoms with E-state index in [0.717, 1.165) is 47.0 Å². The molecule has 1 fully saturated rings. The number of halogens is 2. The van der Waals surface area contributed by atoms with Gasteiger partial charge in [0.2, 0.25) is 0 Å². The van der Waals surface area contributed by atoms with Crippen molar-refractivity contribution in [1.29, 1.82) is 0 Å². The fourth-order valence-corrected chi connectivity index (χ4v) is 2.39. The Morgan fingerprint density at radius 1 is 0.571 bits per heavy atom. The van der Waals surface area contributed by atoms with Gasteiger partial charge in [0, 0.05) is 0 Å². The molecule has 0 aromatic carbocycles. The fourth-order valence-electron chi connectivity index (χ4n) is 2.39. The molecule has 1 rings (SSSR count). The SMILES string of the molecule is CC1C(C)C(C)C(C)C1C.Cl.Cl.[O]=[V]. The van der Waals surface area contributed by atoms with Gasteiger partial charge in [0.05, 0.1) is 0 Å². The Labute approximate surface area is 110 Å². The number of rotatable bonds is 0. The van der Waals surface area contributed by atoms with Gasteiger partial charge in [-0.2, -0.15) is 0 Å². The minimum absolute atomic E-state index is 0. The average molecular weight is 280 g/mol. The van der Waals surface area contributed by atoms with Crippen molar-refractivity contribution in [3.05, 3.63) is 0 Å². The summed E-state index contributed by atoms with van der Waals surface area (Å²) in [5.74, 6) is 4.68. The fraction of sp³-hybridized carbons (Fsp3) is 1.00. The summed E-state index contributed by atoms with van der Waals surface area (Å²) in [7, 11) is 0. The maximum absolute atomic E-state index is 8.19. The van der Waals surface area contributed by atoms with Crippen LogP contribution in [0.15, 0.2) is 0 Å². The van der Waals surface area contributed by atoms with Gasteiger partial charge in [-0.25, -0.2) is 0 Å². The van der Waals surface area contributed by atoms with Crippen LogP contribution in [0.4, 0.5) is 0 Å². The molecule has 0 radical (unpaired) electrons. The van der Waals surface area contributed by atoms with Crippen LogP contribution >= 0.6 is 24.8 Å². The molecule has 0 heterocycles. The van der Waals surface area contributed by atoms with Crippen LogP contribution in [0.25, 0.3) is 0 Å². The van der Waals surface area contributed by atoms with Gasteiger partial charge in [0.25, 0.3) is 0 Å². The van der Waals surface area contributed by atoms with Crippen LogP contribution in [0.2, 0.25) is 0 Å². The maximum atomic E-state index is 8.19. The zero-order chi connectivity index (χ0) is 9.89. The Morgan fingerprint density at radius 2 is 0.643 bits per heavy atom. The third-order valence-electron chi connectivity index (χ3n) is 4.15. The summed E-state index contributed by atoms with van der Waals surface area (Å²) in [4.78, 5) is 0. The van der Waals surface area contributed by atoms with Gasteiger partial charge < -0.3 is 0 Å². The number of hydrogen-bond acceptors (Lipinski definition) is 1. The number of hydrogen-bond donors (Lipinski definition) is 0. The Kier molecular flexibility index (Phi) is 13.4. The van der Waals surface area contributed by atoms with Gasteiger partial charge >= 0.3 is 21.0 Å². The molecule has 14 heavy (non-hydrogen) atoms. The van der Waals surface area contributed by atoms with Crippen LogP contribution in [0, 0.1) is 29.6 Å². The van der Waals surface area contributed by atoms with Crippen molar-refractivity contribution in [1.82, 2.24) is 0 Å². The molecule has 4 heteroatoms. The molecular weight excluding hydrogens is 258 g/mol. The predicted octanol–water partition coefficient (Wildman–Crippen LogP) is 3.90. The van der Waals surface area contributed by atoms with Crippen molar-refractivity contribution >= 4 is 24.8 Å². The molecule has 0 aromatic heterocycles. The van der Waals surface area contributed by atoms with E-state index in [0.29, 0.717) is 0 Å². The minimum atomic E-state index is 0. The summed E-state index contributed by atoms with van der Waals surface area (Å²) in [6.07, 6.45) is 0. The second-order valence-electron chi connectivity index (χ2n) is 4.30. The van der Waals surface area contributed by atoms with E-state index in [2.05, 4.69) is 34.6 Å². The van der Waals surface area contributed by atoms with E-state index in [1.54, 1.807) is 0 Å². The molecule has 0 unspecified atom stereocenters. The molecule has 0 saturated heterocycles. The molecule has 0 aromatic rings. The van der Waals surface area contributed by atoms with E-state index in [-0.39, 0.29) is 24.8 Å². The van der Waals surface area contributed by atoms with E-state index >= 15 is 0 Å². The van der Waals surface area contributed by atoms with Gasteiger partial charge in [-0.1, -0.05) is 34.6 Å². The molecule has 0 spiro atoms. The summed E-state index contributed by atoms with van der Waals surface area (Å²) in [6.45, 7) is 12.0. The van der Waals surface area contributed by atoms with Gasteiger partial charge in [-0.3, -0.25) is 0 Å². The third kappa shape index (κ3) is 4.22. The Balaban J connectivity index is -0.000000284. The topological polar surface area (TPSA) is 17.1 Å². The van der Waals surface area contributed by atoms with E-state index in [1.807, 2.05) is 0 Å². The van der Waals surface area contributed by atoms with Crippen molar-refractivity contribution in [2.24, 2.45) is 29.6 Å². The van der Waals surface area contributed by atoms with Crippen LogP contribution < -0.4 is 0 Å². The first-order valence-electron chi connectivity index (χ1n) is 4.74. The van der Waals surface area contributed by atoms with E-state index in [4.69, 9.17) is 3.67 Å². The average Bonchev–Trinajstić information content (AvgIpc) is 2.27. The first kappa shape index (κ1) is 20.4. The van der Waals surface area contributed by atoms with E-state index < -0.39 is 0 Å². The van der Waals surface area contributed by atoms with Gasteiger partial charge in [0.15, 0.2) is 0 Å². The summed E-state index contributed by atoms with van der Waals surface area (Å²) in [5, 5.41) is 0. The monoisotopic (exact) mass is 279 g/mol. The molecule has 0 atom stereocenters. The molecule has 1 nitrogen and oxygen atoms in total. The molecule has 0 amide bonds. The molecular formula is C10H22Cl2OV. The van der Waals surface area contributed by atoms with Crippen molar-refractivity contribution < 1.29 is 21.0 Å². The first-order valence-corrected chi connectivity index (χ1v) is 5.31. The molecule has 0 N–H and O–H groups in total. The normalized spacial score (nSPS) is 39.9. The Bertz CT molecular complexity index is 101. The summed E-state index contributed by atoms with van der Waals surface area (Å²) >= 11 is 1.06. The quantitative estimate of drug-likeness (QED) is 0.657. The van der Waals surface area contributed by atoms with E-state index in [1.165, 1.54) is 0 Å². The van der Waals surface area contributed by atoms with Crippen LogP contribution in [-0.4, -0.2) is 0 Å². The van der Waals surface area contributed by atoms with Crippen molar-refractivity contribution in [3.8, 4) is 0 Å². The Morgan fingerprint density at radius 3 is 0.714 bits per heavy atom. The molecule has 1 aliphatic rings. The molecule has 87 valence electrons. The predicted molar refractivity (Wildman–Crippen MR) is 61.0 cm³/mol. The van der Waals surface area contributed by atoms with Crippen molar-refractivity contribution in [3.63, 3.8) is 0 Å². The van der Waals surface area contributed by atoms with Crippen molar-refractivity contribution in [2.45, 2.75) is 34.6 Å². The van der Waals surface area contributed by atoms with Crippen molar-refractivity contribution in [2.75, 3.05) is 0 Å². The van der Waals surface area contributed by atoms with Gasteiger partial charge in [-0.15, -0.1) is 24.8 Å². The first-order chi connectivity index (χ1) is 5.55. The summed E-state index contributed by atoms with van der Waals surface area (Å²) in [5.41, 5.74) is 0. The molecule has 0 aliphatic heterocycles. The summed E-state index contributed by atoms with van der Waals surface area (Å²) in [6, 6.07) is 0.